The predicted molar refractivity (Wildman–Crippen MR) is 124 cm³/mol. The number of hydrogen-bond acceptors (Lipinski definition) is 12. The maximum Gasteiger partial charge on any atom is 0.313 e. The number of allylic oxidation sites excluding steroid dienone is 1. The maximum absolute atomic E-state index is 13.4. The Morgan fingerprint density at radius 1 is 1.13 bits per heavy atom. The number of furan rings is 1. The zero-order chi connectivity index (χ0) is 27.4. The highest BCUT2D eigenvalue weighted by Crippen LogP contribution is 2.61. The summed E-state index contributed by atoms with van der Waals surface area (Å²) in [5.74, 6) is -2.93. The first kappa shape index (κ1) is 27.1. The van der Waals surface area contributed by atoms with Crippen LogP contribution in [0.3, 0.4) is 0 Å². The van der Waals surface area contributed by atoms with Gasteiger partial charge in [-0.2, -0.15) is 0 Å². The Balaban J connectivity index is 1.56. The van der Waals surface area contributed by atoms with Crippen molar-refractivity contribution in [3.63, 3.8) is 0 Å². The van der Waals surface area contributed by atoms with Crippen molar-refractivity contribution in [1.29, 1.82) is 0 Å². The Bertz CT molecular complexity index is 1070. The molecule has 4 aliphatic rings. The molecule has 0 unspecified atom stereocenters. The van der Waals surface area contributed by atoms with Gasteiger partial charge in [0.2, 0.25) is 6.29 Å². The lowest BCUT2D eigenvalue weighted by Crippen LogP contribution is -2.59. The van der Waals surface area contributed by atoms with Crippen molar-refractivity contribution in [3.05, 3.63) is 35.5 Å². The van der Waals surface area contributed by atoms with Gasteiger partial charge in [-0.15, -0.1) is 0 Å². The molecule has 0 spiro atoms. The molecular weight excluding hydrogens is 504 g/mol. The van der Waals surface area contributed by atoms with Gasteiger partial charge in [-0.1, -0.05) is 6.92 Å². The van der Waals surface area contributed by atoms with Crippen LogP contribution < -0.4 is 0 Å². The van der Waals surface area contributed by atoms with Crippen molar-refractivity contribution >= 4 is 11.9 Å². The van der Waals surface area contributed by atoms with E-state index < -0.39 is 84.6 Å². The van der Waals surface area contributed by atoms with Gasteiger partial charge in [-0.25, -0.2) is 0 Å². The molecule has 210 valence electrons. The van der Waals surface area contributed by atoms with E-state index in [4.69, 9.17) is 23.4 Å². The van der Waals surface area contributed by atoms with Crippen LogP contribution in [0.15, 0.2) is 34.3 Å². The molecule has 5 rings (SSSR count). The second-order valence-corrected chi connectivity index (χ2v) is 10.9. The predicted octanol–water partition coefficient (Wildman–Crippen LogP) is -0.0755. The molecule has 2 aliphatic carbocycles. The number of ether oxygens (including phenoxy) is 4. The summed E-state index contributed by atoms with van der Waals surface area (Å²) in [6.07, 6.45) is -5.28. The first-order valence-electron chi connectivity index (χ1n) is 12.8. The number of fused-ring (bicyclic) bond motifs is 3. The number of rotatable bonds is 5. The third kappa shape index (κ3) is 4.42. The van der Waals surface area contributed by atoms with E-state index in [1.807, 2.05) is 6.92 Å². The minimum atomic E-state index is -1.68. The third-order valence-corrected chi connectivity index (χ3v) is 8.75. The molecule has 12 nitrogen and oxygen atoms in total. The van der Waals surface area contributed by atoms with Gasteiger partial charge in [0.1, 0.15) is 36.3 Å². The molecule has 0 amide bonds. The molecule has 3 heterocycles. The topological polar surface area (TPSA) is 185 Å². The number of esters is 2. The van der Waals surface area contributed by atoms with Gasteiger partial charge in [0.25, 0.3) is 0 Å². The monoisotopic (exact) mass is 538 g/mol. The number of aliphatic hydroxyl groups excluding tert-OH is 5. The minimum Gasteiger partial charge on any atom is -0.472 e. The summed E-state index contributed by atoms with van der Waals surface area (Å²) >= 11 is 0. The molecule has 2 aliphatic heterocycles. The van der Waals surface area contributed by atoms with Gasteiger partial charge in [0, 0.05) is 12.0 Å². The second-order valence-electron chi connectivity index (χ2n) is 10.9. The number of cyclic esters (lactones) is 1. The molecule has 12 heteroatoms. The van der Waals surface area contributed by atoms with E-state index in [0.717, 1.165) is 0 Å². The lowest BCUT2D eigenvalue weighted by Gasteiger charge is -2.55. The van der Waals surface area contributed by atoms with E-state index in [2.05, 4.69) is 0 Å². The van der Waals surface area contributed by atoms with Crippen LogP contribution in [0.2, 0.25) is 0 Å². The third-order valence-electron chi connectivity index (χ3n) is 8.75. The highest BCUT2D eigenvalue weighted by atomic mass is 16.7. The van der Waals surface area contributed by atoms with Crippen LogP contribution in [0.4, 0.5) is 0 Å². The van der Waals surface area contributed by atoms with Crippen molar-refractivity contribution < 1.29 is 58.5 Å². The highest BCUT2D eigenvalue weighted by molar-refractivity contribution is 5.79. The molecule has 3 fully saturated rings. The summed E-state index contributed by atoms with van der Waals surface area (Å²) in [6, 6.07) is 1.72. The van der Waals surface area contributed by atoms with E-state index in [1.54, 1.807) is 6.07 Å². The van der Waals surface area contributed by atoms with Crippen molar-refractivity contribution in [1.82, 2.24) is 0 Å². The first-order valence-corrected chi connectivity index (χ1v) is 12.8. The summed E-state index contributed by atoms with van der Waals surface area (Å²) in [7, 11) is 1.25. The van der Waals surface area contributed by atoms with Crippen molar-refractivity contribution in [2.45, 2.75) is 75.5 Å². The van der Waals surface area contributed by atoms with E-state index in [-0.39, 0.29) is 25.0 Å². The molecule has 38 heavy (non-hydrogen) atoms. The van der Waals surface area contributed by atoms with Crippen LogP contribution in [-0.4, -0.2) is 88.0 Å². The Labute approximate surface area is 218 Å². The van der Waals surface area contributed by atoms with Gasteiger partial charge < -0.3 is 48.9 Å². The van der Waals surface area contributed by atoms with Gasteiger partial charge >= 0.3 is 11.9 Å². The Morgan fingerprint density at radius 3 is 2.55 bits per heavy atom. The van der Waals surface area contributed by atoms with Crippen molar-refractivity contribution in [2.24, 2.45) is 23.2 Å². The molecule has 2 saturated heterocycles. The largest absolute Gasteiger partial charge is 0.472 e. The van der Waals surface area contributed by atoms with Crippen LogP contribution in [0.25, 0.3) is 0 Å². The van der Waals surface area contributed by atoms with Crippen LogP contribution in [0.1, 0.15) is 44.3 Å². The first-order chi connectivity index (χ1) is 18.1. The average Bonchev–Trinajstić information content (AvgIpc) is 3.44. The minimum absolute atomic E-state index is 0.0118. The number of carbonyl (C=O) groups excluding carboxylic acids is 2. The highest BCUT2D eigenvalue weighted by Gasteiger charge is 2.60. The standard InChI is InChI=1S/C26H34O12/c1-26-8-17(11-3-4-35-10-11)36-24(33)15(26)7-16(19-13(23(32)34-2)5-12(28)6-14(19)26)37-25-22(31)21(30)20(29)18(9-27)38-25/h3-4,10,12-15,17-18,20-22,25,27-31H,5-9H2,1-2H3/t12-,13+,14+,15+,17-,18+,20+,21-,22+,25+,26-/m0/s1. The average molecular weight is 539 g/mol. The number of methoxy groups -OCH3 is 1. The number of hydrogen-bond donors (Lipinski definition) is 5. The zero-order valence-corrected chi connectivity index (χ0v) is 21.1. The summed E-state index contributed by atoms with van der Waals surface area (Å²) < 4.78 is 27.6. The Hall–Kier alpha value is -2.48. The van der Waals surface area contributed by atoms with Crippen LogP contribution in [-0.2, 0) is 28.5 Å². The molecular formula is C26H34O12. The molecule has 1 aromatic heterocycles. The molecule has 5 N–H and O–H groups in total. The van der Waals surface area contributed by atoms with Crippen molar-refractivity contribution in [3.8, 4) is 0 Å². The lowest BCUT2D eigenvalue weighted by atomic mass is 9.52. The van der Waals surface area contributed by atoms with Gasteiger partial charge in [-0.05, 0) is 42.2 Å². The summed E-state index contributed by atoms with van der Waals surface area (Å²) in [5, 5.41) is 51.4. The van der Waals surface area contributed by atoms with E-state index in [9.17, 15) is 35.1 Å². The Morgan fingerprint density at radius 2 is 1.89 bits per heavy atom. The molecule has 1 saturated carbocycles. The fourth-order valence-electron chi connectivity index (χ4n) is 6.66. The summed E-state index contributed by atoms with van der Waals surface area (Å²) in [4.78, 5) is 26.3. The van der Waals surface area contributed by atoms with E-state index >= 15 is 0 Å². The number of carbonyl (C=O) groups is 2. The molecule has 0 radical (unpaired) electrons. The number of aliphatic hydroxyl groups is 5. The van der Waals surface area contributed by atoms with Crippen LogP contribution in [0, 0.1) is 23.2 Å². The summed E-state index contributed by atoms with van der Waals surface area (Å²) in [6.45, 7) is 1.30. The summed E-state index contributed by atoms with van der Waals surface area (Å²) in [5.41, 5.74) is 0.508. The molecule has 0 bridgehead atoms. The quantitative estimate of drug-likeness (QED) is 0.315. The normalized spacial score (nSPS) is 43.1. The van der Waals surface area contributed by atoms with Crippen LogP contribution >= 0.6 is 0 Å². The fourth-order valence-corrected chi connectivity index (χ4v) is 6.66. The fraction of sp³-hybridized carbons (Fsp3) is 0.692. The van der Waals surface area contributed by atoms with Crippen LogP contribution in [0.5, 0.6) is 0 Å². The molecule has 0 aromatic carbocycles. The van der Waals surface area contributed by atoms with E-state index in [1.165, 1.54) is 19.6 Å². The molecule has 11 atom stereocenters. The smallest absolute Gasteiger partial charge is 0.313 e. The maximum atomic E-state index is 13.4. The van der Waals surface area contributed by atoms with Gasteiger partial charge in [0.15, 0.2) is 0 Å². The van der Waals surface area contributed by atoms with Gasteiger partial charge in [0.05, 0.1) is 44.2 Å². The Kier molecular flexibility index (Phi) is 7.31. The SMILES string of the molecule is COC(=O)[C@@H]1C[C@H](O)C[C@@H]2C1=C(O[C@@H]1O[C@H](CO)[C@@H](O)[C@H](O)[C@H]1O)C[C@@H]1C(=O)O[C@H](c3ccoc3)C[C@]12C. The zero-order valence-electron chi connectivity index (χ0n) is 21.1. The molecule has 1 aromatic rings. The second kappa shape index (κ2) is 10.2. The van der Waals surface area contributed by atoms with E-state index in [0.29, 0.717) is 17.6 Å². The van der Waals surface area contributed by atoms with Crippen molar-refractivity contribution in [2.75, 3.05) is 13.7 Å². The van der Waals surface area contributed by atoms with Gasteiger partial charge in [-0.3, -0.25) is 9.59 Å². The lowest BCUT2D eigenvalue weighted by molar-refractivity contribution is -0.293.